The molecule has 0 saturated carbocycles. The second-order valence-electron chi connectivity index (χ2n) is 2.46. The van der Waals surface area contributed by atoms with Crippen molar-refractivity contribution in [3.63, 3.8) is 0 Å². The van der Waals surface area contributed by atoms with Crippen LogP contribution < -0.4 is 5.73 Å². The van der Waals surface area contributed by atoms with E-state index in [9.17, 15) is 4.79 Å². The largest absolute Gasteiger partial charge is 0.472 e. The molecule has 0 atom stereocenters. The lowest BCUT2D eigenvalue weighted by Gasteiger charge is -1.95. The molecule has 3 nitrogen and oxygen atoms in total. The van der Waals surface area contributed by atoms with Gasteiger partial charge in [0.2, 0.25) is 0 Å². The minimum absolute atomic E-state index is 0.433. The molecule has 0 saturated heterocycles. The van der Waals surface area contributed by atoms with Crippen molar-refractivity contribution in [3.05, 3.63) is 35.4 Å². The molecule has 0 aliphatic heterocycles. The molecule has 0 aromatic heterocycles. The van der Waals surface area contributed by atoms with Crippen molar-refractivity contribution in [2.45, 2.75) is 6.54 Å². The molecule has 0 heterocycles. The lowest BCUT2D eigenvalue weighted by molar-refractivity contribution is -0.130. The predicted molar refractivity (Wildman–Crippen MR) is 48.8 cm³/mol. The van der Waals surface area contributed by atoms with Gasteiger partial charge in [-0.2, -0.15) is 0 Å². The SMILES string of the molecule is NCc1cccc(C#CC(=O)O)c1. The smallest absolute Gasteiger partial charge is 0.382 e. The van der Waals surface area contributed by atoms with E-state index in [2.05, 4.69) is 5.92 Å². The molecule has 0 aliphatic carbocycles. The maximum Gasteiger partial charge on any atom is 0.382 e. The van der Waals surface area contributed by atoms with Crippen LogP contribution in [0.4, 0.5) is 0 Å². The van der Waals surface area contributed by atoms with E-state index in [-0.39, 0.29) is 0 Å². The zero-order valence-electron chi connectivity index (χ0n) is 6.95. The van der Waals surface area contributed by atoms with Gasteiger partial charge >= 0.3 is 5.97 Å². The van der Waals surface area contributed by atoms with Crippen LogP contribution in [0.2, 0.25) is 0 Å². The highest BCUT2D eigenvalue weighted by Crippen LogP contribution is 2.02. The van der Waals surface area contributed by atoms with Crippen molar-refractivity contribution in [2.75, 3.05) is 0 Å². The number of carbonyl (C=O) groups is 1. The van der Waals surface area contributed by atoms with Crippen LogP contribution in [0.5, 0.6) is 0 Å². The summed E-state index contributed by atoms with van der Waals surface area (Å²) in [5.41, 5.74) is 7.02. The average molecular weight is 175 g/mol. The van der Waals surface area contributed by atoms with Crippen LogP contribution >= 0.6 is 0 Å². The van der Waals surface area contributed by atoms with Gasteiger partial charge in [-0.05, 0) is 17.7 Å². The van der Waals surface area contributed by atoms with Gasteiger partial charge in [0, 0.05) is 18.0 Å². The van der Waals surface area contributed by atoms with Crippen LogP contribution in [-0.4, -0.2) is 11.1 Å². The van der Waals surface area contributed by atoms with Crippen LogP contribution in [-0.2, 0) is 11.3 Å². The van der Waals surface area contributed by atoms with Crippen molar-refractivity contribution < 1.29 is 9.90 Å². The molecule has 66 valence electrons. The number of aliphatic carboxylic acids is 1. The Bertz CT molecular complexity index is 374. The first-order valence-corrected chi connectivity index (χ1v) is 3.76. The number of carboxylic acids is 1. The molecular formula is C10H9NO2. The fourth-order valence-electron chi connectivity index (χ4n) is 0.902. The minimum Gasteiger partial charge on any atom is -0.472 e. The number of carboxylic acid groups (broad SMARTS) is 1. The summed E-state index contributed by atoms with van der Waals surface area (Å²) in [5.74, 6) is 3.43. The molecule has 0 aliphatic rings. The molecule has 1 rings (SSSR count). The predicted octanol–water partition coefficient (Wildman–Crippen LogP) is 0.581. The van der Waals surface area contributed by atoms with Crippen LogP contribution in [0.1, 0.15) is 11.1 Å². The Morgan fingerprint density at radius 2 is 2.31 bits per heavy atom. The van der Waals surface area contributed by atoms with Crippen LogP contribution in [0, 0.1) is 11.8 Å². The normalized spacial score (nSPS) is 8.69. The Balaban J connectivity index is 2.91. The van der Waals surface area contributed by atoms with Crippen LogP contribution in [0.15, 0.2) is 24.3 Å². The third-order valence-corrected chi connectivity index (χ3v) is 1.48. The van der Waals surface area contributed by atoms with E-state index in [4.69, 9.17) is 10.8 Å². The maximum atomic E-state index is 10.1. The highest BCUT2D eigenvalue weighted by atomic mass is 16.4. The van der Waals surface area contributed by atoms with Crippen LogP contribution in [0.25, 0.3) is 0 Å². The summed E-state index contributed by atoms with van der Waals surface area (Å²) in [5, 5.41) is 8.30. The van der Waals surface area contributed by atoms with Crippen molar-refractivity contribution in [3.8, 4) is 11.8 Å². The number of hydrogen-bond acceptors (Lipinski definition) is 2. The second-order valence-corrected chi connectivity index (χ2v) is 2.46. The molecule has 0 unspecified atom stereocenters. The molecule has 13 heavy (non-hydrogen) atoms. The molecule has 3 N–H and O–H groups in total. The van der Waals surface area contributed by atoms with E-state index in [0.717, 1.165) is 5.56 Å². The molecular weight excluding hydrogens is 166 g/mol. The van der Waals surface area contributed by atoms with E-state index < -0.39 is 5.97 Å². The summed E-state index contributed by atoms with van der Waals surface area (Å²) in [4.78, 5) is 10.1. The molecule has 0 radical (unpaired) electrons. The number of nitrogens with two attached hydrogens (primary N) is 1. The second kappa shape index (κ2) is 4.29. The Kier molecular flexibility index (Phi) is 3.07. The molecule has 0 bridgehead atoms. The fraction of sp³-hybridized carbons (Fsp3) is 0.100. The van der Waals surface area contributed by atoms with E-state index >= 15 is 0 Å². The summed E-state index contributed by atoms with van der Waals surface area (Å²) >= 11 is 0. The molecule has 0 amide bonds. The number of hydrogen-bond donors (Lipinski definition) is 2. The zero-order valence-corrected chi connectivity index (χ0v) is 6.95. The fourth-order valence-corrected chi connectivity index (χ4v) is 0.902. The van der Waals surface area contributed by atoms with Crippen molar-refractivity contribution in [2.24, 2.45) is 5.73 Å². The standard InChI is InChI=1S/C10H9NO2/c11-7-9-3-1-2-8(6-9)4-5-10(12)13/h1-3,6H,7,11H2,(H,12,13). The van der Waals surface area contributed by atoms with Gasteiger partial charge in [0.25, 0.3) is 0 Å². The summed E-state index contributed by atoms with van der Waals surface area (Å²) in [7, 11) is 0. The molecule has 0 fully saturated rings. The van der Waals surface area contributed by atoms with Gasteiger partial charge in [0.05, 0.1) is 0 Å². The Morgan fingerprint density at radius 1 is 1.54 bits per heavy atom. The van der Waals surface area contributed by atoms with E-state index in [1.54, 1.807) is 18.2 Å². The highest BCUT2D eigenvalue weighted by Gasteiger charge is 1.91. The van der Waals surface area contributed by atoms with Gasteiger partial charge in [0.15, 0.2) is 0 Å². The van der Waals surface area contributed by atoms with E-state index in [0.29, 0.717) is 12.1 Å². The molecule has 1 aromatic carbocycles. The van der Waals surface area contributed by atoms with Crippen molar-refractivity contribution in [1.82, 2.24) is 0 Å². The zero-order chi connectivity index (χ0) is 9.68. The topological polar surface area (TPSA) is 63.3 Å². The molecule has 3 heteroatoms. The molecule has 0 spiro atoms. The monoisotopic (exact) mass is 175 g/mol. The minimum atomic E-state index is -1.13. The maximum absolute atomic E-state index is 10.1. The number of benzene rings is 1. The van der Waals surface area contributed by atoms with Gasteiger partial charge in [-0.1, -0.05) is 18.1 Å². The Labute approximate surface area is 76.2 Å². The van der Waals surface area contributed by atoms with E-state index in [1.807, 2.05) is 12.0 Å². The van der Waals surface area contributed by atoms with Gasteiger partial charge in [-0.15, -0.1) is 0 Å². The first-order valence-electron chi connectivity index (χ1n) is 3.76. The first-order chi connectivity index (χ1) is 6.22. The first kappa shape index (κ1) is 9.30. The summed E-state index contributed by atoms with van der Waals surface area (Å²) in [6, 6.07) is 7.19. The average Bonchev–Trinajstić information content (AvgIpc) is 2.15. The lowest BCUT2D eigenvalue weighted by atomic mass is 10.1. The Morgan fingerprint density at radius 3 is 2.92 bits per heavy atom. The summed E-state index contributed by atoms with van der Waals surface area (Å²) in [6.45, 7) is 0.433. The quantitative estimate of drug-likeness (QED) is 0.614. The van der Waals surface area contributed by atoms with Gasteiger partial charge in [-0.25, -0.2) is 4.79 Å². The Hall–Kier alpha value is -1.79. The van der Waals surface area contributed by atoms with Crippen molar-refractivity contribution >= 4 is 5.97 Å². The summed E-state index contributed by atoms with van der Waals surface area (Å²) < 4.78 is 0. The van der Waals surface area contributed by atoms with Gasteiger partial charge < -0.3 is 10.8 Å². The van der Waals surface area contributed by atoms with E-state index in [1.165, 1.54) is 0 Å². The van der Waals surface area contributed by atoms with Gasteiger partial charge in [0.1, 0.15) is 0 Å². The van der Waals surface area contributed by atoms with Crippen LogP contribution in [0.3, 0.4) is 0 Å². The highest BCUT2D eigenvalue weighted by molar-refractivity contribution is 5.87. The number of rotatable bonds is 1. The summed E-state index contributed by atoms with van der Waals surface area (Å²) in [6.07, 6.45) is 0. The molecule has 1 aromatic rings. The van der Waals surface area contributed by atoms with Gasteiger partial charge in [-0.3, -0.25) is 0 Å². The lowest BCUT2D eigenvalue weighted by Crippen LogP contribution is -1.96. The third kappa shape index (κ3) is 2.97. The third-order valence-electron chi connectivity index (χ3n) is 1.48. The van der Waals surface area contributed by atoms with Crippen molar-refractivity contribution in [1.29, 1.82) is 0 Å².